The van der Waals surface area contributed by atoms with Crippen LogP contribution in [0.5, 0.6) is 0 Å². The van der Waals surface area contributed by atoms with Crippen molar-refractivity contribution in [2.24, 2.45) is 0 Å². The highest BCUT2D eigenvalue weighted by atomic mass is 32.2. The minimum atomic E-state index is -3.34. The maximum absolute atomic E-state index is 12.6. The molecular weight excluding hydrogens is 316 g/mol. The summed E-state index contributed by atoms with van der Waals surface area (Å²) >= 11 is 1.28. The molecule has 6 heteroatoms. The maximum atomic E-state index is 12.6. The molecule has 0 bridgehead atoms. The van der Waals surface area contributed by atoms with Crippen LogP contribution < -0.4 is 4.90 Å². The number of benzene rings is 1. The minimum Gasteiger partial charge on any atom is -0.366 e. The van der Waals surface area contributed by atoms with Crippen LogP contribution in [0.15, 0.2) is 46.0 Å². The topological polar surface area (TPSA) is 40.6 Å². The molecule has 1 fully saturated rings. The van der Waals surface area contributed by atoms with Crippen molar-refractivity contribution in [3.63, 3.8) is 0 Å². The van der Waals surface area contributed by atoms with Gasteiger partial charge in [-0.2, -0.15) is 4.31 Å². The highest BCUT2D eigenvalue weighted by Gasteiger charge is 2.32. The van der Waals surface area contributed by atoms with Crippen molar-refractivity contribution in [1.82, 2.24) is 4.31 Å². The number of thiophene rings is 1. The van der Waals surface area contributed by atoms with Gasteiger partial charge in [0, 0.05) is 31.4 Å². The average molecular weight is 336 g/mol. The first-order chi connectivity index (χ1) is 10.5. The zero-order chi connectivity index (χ0) is 15.7. The molecule has 22 heavy (non-hydrogen) atoms. The first-order valence-electron chi connectivity index (χ1n) is 7.35. The molecule has 118 valence electrons. The third kappa shape index (κ3) is 2.91. The van der Waals surface area contributed by atoms with Crippen molar-refractivity contribution >= 4 is 27.0 Å². The number of sulfonamides is 1. The average Bonchev–Trinajstić information content (AvgIpc) is 3.03. The van der Waals surface area contributed by atoms with Gasteiger partial charge in [0.25, 0.3) is 10.0 Å². The molecule has 1 aromatic heterocycles. The molecule has 0 unspecified atom stereocenters. The van der Waals surface area contributed by atoms with Gasteiger partial charge in [-0.05, 0) is 37.4 Å². The van der Waals surface area contributed by atoms with Crippen molar-refractivity contribution in [1.29, 1.82) is 0 Å². The van der Waals surface area contributed by atoms with Gasteiger partial charge in [0.15, 0.2) is 0 Å². The zero-order valence-corrected chi connectivity index (χ0v) is 14.4. The molecule has 3 rings (SSSR count). The van der Waals surface area contributed by atoms with Crippen molar-refractivity contribution in [3.05, 3.63) is 47.3 Å². The fourth-order valence-electron chi connectivity index (χ4n) is 2.80. The smallest absolute Gasteiger partial charge is 0.252 e. The van der Waals surface area contributed by atoms with E-state index < -0.39 is 10.0 Å². The zero-order valence-electron chi connectivity index (χ0n) is 12.8. The summed E-state index contributed by atoms with van der Waals surface area (Å²) < 4.78 is 27.2. The molecule has 0 radical (unpaired) electrons. The number of piperazine rings is 1. The Morgan fingerprint density at radius 1 is 1.14 bits per heavy atom. The molecule has 0 aliphatic carbocycles. The van der Waals surface area contributed by atoms with Gasteiger partial charge in [-0.15, -0.1) is 11.3 Å². The SMILES string of the molecule is Cc1ccc(N2CCN(S(=O)(=O)c3cccs3)C[C@H]2C)cc1. The Bertz CT molecular complexity index is 724. The monoisotopic (exact) mass is 336 g/mol. The lowest BCUT2D eigenvalue weighted by Crippen LogP contribution is -2.53. The number of rotatable bonds is 3. The normalized spacial score (nSPS) is 20.3. The Balaban J connectivity index is 1.76. The number of nitrogens with zero attached hydrogens (tertiary/aromatic N) is 2. The van der Waals surface area contributed by atoms with Gasteiger partial charge in [0.05, 0.1) is 0 Å². The molecule has 1 atom stereocenters. The summed E-state index contributed by atoms with van der Waals surface area (Å²) in [7, 11) is -3.34. The summed E-state index contributed by atoms with van der Waals surface area (Å²) in [6.07, 6.45) is 0. The van der Waals surface area contributed by atoms with Crippen LogP contribution in [0.4, 0.5) is 5.69 Å². The van der Waals surface area contributed by atoms with Crippen LogP contribution >= 0.6 is 11.3 Å². The van der Waals surface area contributed by atoms with E-state index in [1.165, 1.54) is 16.9 Å². The Kier molecular flexibility index (Phi) is 4.25. The second-order valence-electron chi connectivity index (χ2n) is 5.67. The van der Waals surface area contributed by atoms with E-state index in [0.717, 1.165) is 12.2 Å². The van der Waals surface area contributed by atoms with E-state index in [9.17, 15) is 8.42 Å². The van der Waals surface area contributed by atoms with Crippen molar-refractivity contribution in [2.45, 2.75) is 24.1 Å². The lowest BCUT2D eigenvalue weighted by molar-refractivity contribution is 0.343. The lowest BCUT2D eigenvalue weighted by Gasteiger charge is -2.40. The third-order valence-corrected chi connectivity index (χ3v) is 7.28. The van der Waals surface area contributed by atoms with E-state index in [0.29, 0.717) is 17.3 Å². The van der Waals surface area contributed by atoms with Crippen LogP contribution in [0.3, 0.4) is 0 Å². The van der Waals surface area contributed by atoms with Gasteiger partial charge >= 0.3 is 0 Å². The molecule has 1 aromatic carbocycles. The van der Waals surface area contributed by atoms with Crippen molar-refractivity contribution in [2.75, 3.05) is 24.5 Å². The summed E-state index contributed by atoms with van der Waals surface area (Å²) in [5, 5.41) is 1.80. The molecule has 0 saturated carbocycles. The van der Waals surface area contributed by atoms with E-state index in [2.05, 4.69) is 43.0 Å². The quantitative estimate of drug-likeness (QED) is 0.865. The fourth-order valence-corrected chi connectivity index (χ4v) is 5.46. The van der Waals surface area contributed by atoms with Gasteiger partial charge in [0.1, 0.15) is 4.21 Å². The summed E-state index contributed by atoms with van der Waals surface area (Å²) in [5.41, 5.74) is 2.39. The summed E-state index contributed by atoms with van der Waals surface area (Å²) in [5.74, 6) is 0. The highest BCUT2D eigenvalue weighted by Crippen LogP contribution is 2.26. The Labute approximate surface area is 136 Å². The van der Waals surface area contributed by atoms with E-state index in [-0.39, 0.29) is 6.04 Å². The number of hydrogen-bond donors (Lipinski definition) is 0. The number of anilines is 1. The van der Waals surface area contributed by atoms with Crippen LogP contribution in [0.2, 0.25) is 0 Å². The molecule has 4 nitrogen and oxygen atoms in total. The van der Waals surface area contributed by atoms with Crippen LogP contribution in [0.1, 0.15) is 12.5 Å². The second kappa shape index (κ2) is 6.02. The predicted octanol–water partition coefficient (Wildman–Crippen LogP) is 2.96. The number of hydrogen-bond acceptors (Lipinski definition) is 4. The molecule has 0 amide bonds. The van der Waals surface area contributed by atoms with E-state index in [1.54, 1.807) is 21.8 Å². The molecule has 0 N–H and O–H groups in total. The summed E-state index contributed by atoms with van der Waals surface area (Å²) in [6, 6.07) is 12.0. The molecule has 1 aliphatic rings. The van der Waals surface area contributed by atoms with Gasteiger partial charge in [-0.1, -0.05) is 23.8 Å². The van der Waals surface area contributed by atoms with Crippen LogP contribution in [-0.4, -0.2) is 38.4 Å². The maximum Gasteiger partial charge on any atom is 0.252 e. The predicted molar refractivity (Wildman–Crippen MR) is 91.1 cm³/mol. The first kappa shape index (κ1) is 15.5. The van der Waals surface area contributed by atoms with E-state index in [4.69, 9.17) is 0 Å². The summed E-state index contributed by atoms with van der Waals surface area (Å²) in [4.78, 5) is 2.28. The second-order valence-corrected chi connectivity index (χ2v) is 8.79. The van der Waals surface area contributed by atoms with Crippen LogP contribution in [-0.2, 0) is 10.0 Å². The van der Waals surface area contributed by atoms with Gasteiger partial charge in [0.2, 0.25) is 0 Å². The molecule has 1 aliphatic heterocycles. The van der Waals surface area contributed by atoms with Crippen LogP contribution in [0, 0.1) is 6.92 Å². The van der Waals surface area contributed by atoms with Crippen molar-refractivity contribution < 1.29 is 8.42 Å². The standard InChI is InChI=1S/C16H20N2O2S2/c1-13-5-7-15(8-6-13)18-10-9-17(12-14(18)2)22(19,20)16-4-3-11-21-16/h3-8,11,14H,9-10,12H2,1-2H3/t14-/m1/s1. The Hall–Kier alpha value is -1.37. The minimum absolute atomic E-state index is 0.159. The molecule has 2 heterocycles. The largest absolute Gasteiger partial charge is 0.366 e. The number of aryl methyl sites for hydroxylation is 1. The molecular formula is C16H20N2O2S2. The molecule has 0 spiro atoms. The fraction of sp³-hybridized carbons (Fsp3) is 0.375. The molecule has 2 aromatic rings. The first-order valence-corrected chi connectivity index (χ1v) is 9.67. The third-order valence-electron chi connectivity index (χ3n) is 4.05. The van der Waals surface area contributed by atoms with Gasteiger partial charge < -0.3 is 4.90 Å². The van der Waals surface area contributed by atoms with E-state index in [1.807, 2.05) is 0 Å². The van der Waals surface area contributed by atoms with E-state index >= 15 is 0 Å². The lowest BCUT2D eigenvalue weighted by atomic mass is 10.1. The van der Waals surface area contributed by atoms with Gasteiger partial charge in [-0.3, -0.25) is 0 Å². The van der Waals surface area contributed by atoms with Crippen molar-refractivity contribution in [3.8, 4) is 0 Å². The highest BCUT2D eigenvalue weighted by molar-refractivity contribution is 7.91. The summed E-state index contributed by atoms with van der Waals surface area (Å²) in [6.45, 7) is 5.91. The Morgan fingerprint density at radius 2 is 1.86 bits per heavy atom. The molecule has 1 saturated heterocycles. The van der Waals surface area contributed by atoms with Gasteiger partial charge in [-0.25, -0.2) is 8.42 Å². The van der Waals surface area contributed by atoms with Crippen LogP contribution in [0.25, 0.3) is 0 Å². The Morgan fingerprint density at radius 3 is 2.45 bits per heavy atom.